The zero-order valence-corrected chi connectivity index (χ0v) is 12.7. The number of guanidine groups is 1. The predicted molar refractivity (Wildman–Crippen MR) is 83.3 cm³/mol. The minimum absolute atomic E-state index is 0.473. The van der Waals surface area contributed by atoms with Crippen LogP contribution in [-0.4, -0.2) is 17.5 Å². The van der Waals surface area contributed by atoms with Gasteiger partial charge in [0.15, 0.2) is 5.96 Å². The standard InChI is InChI=1S/C13H15BrN4S/c14-12-5-4-11(19-12)9-18-13(15)17-8-6-10-3-1-2-7-16-10/h1-5,7H,6,8-9H2,(H3,15,17,18). The summed E-state index contributed by atoms with van der Waals surface area (Å²) in [7, 11) is 0. The molecule has 0 aromatic carbocycles. The second-order valence-electron chi connectivity index (χ2n) is 3.91. The van der Waals surface area contributed by atoms with Crippen molar-refractivity contribution in [2.45, 2.75) is 13.0 Å². The Kier molecular flexibility index (Phi) is 5.35. The fraction of sp³-hybridized carbons (Fsp3) is 0.231. The zero-order valence-electron chi connectivity index (χ0n) is 10.3. The van der Waals surface area contributed by atoms with Crippen molar-refractivity contribution < 1.29 is 0 Å². The molecule has 0 aliphatic carbocycles. The van der Waals surface area contributed by atoms with Crippen molar-refractivity contribution in [1.82, 2.24) is 10.3 Å². The summed E-state index contributed by atoms with van der Waals surface area (Å²) >= 11 is 5.09. The zero-order chi connectivity index (χ0) is 13.5. The van der Waals surface area contributed by atoms with Crippen LogP contribution in [0.1, 0.15) is 10.6 Å². The van der Waals surface area contributed by atoms with Gasteiger partial charge in [-0.1, -0.05) is 6.07 Å². The van der Waals surface area contributed by atoms with Gasteiger partial charge in [0.25, 0.3) is 0 Å². The number of thiophene rings is 1. The molecule has 2 heterocycles. The number of aliphatic imine (C=N–C) groups is 1. The molecule has 4 nitrogen and oxygen atoms in total. The van der Waals surface area contributed by atoms with Gasteiger partial charge >= 0.3 is 0 Å². The van der Waals surface area contributed by atoms with Gasteiger partial charge in [-0.15, -0.1) is 11.3 Å². The van der Waals surface area contributed by atoms with Crippen molar-refractivity contribution in [2.75, 3.05) is 6.54 Å². The Labute approximate surface area is 124 Å². The van der Waals surface area contributed by atoms with E-state index in [1.165, 1.54) is 4.88 Å². The summed E-state index contributed by atoms with van der Waals surface area (Å²) in [5.41, 5.74) is 6.85. The molecule has 100 valence electrons. The van der Waals surface area contributed by atoms with E-state index in [0.29, 0.717) is 12.5 Å². The molecular formula is C13H15BrN4S. The van der Waals surface area contributed by atoms with Crippen LogP contribution in [0.5, 0.6) is 0 Å². The van der Waals surface area contributed by atoms with Crippen LogP contribution in [0.3, 0.4) is 0 Å². The summed E-state index contributed by atoms with van der Waals surface area (Å²) in [5.74, 6) is 0.473. The fourth-order valence-electron chi connectivity index (χ4n) is 1.52. The fourth-order valence-corrected chi connectivity index (χ4v) is 2.93. The SMILES string of the molecule is NC(=NCc1ccc(Br)s1)NCCc1ccccn1. The number of nitrogens with zero attached hydrogens (tertiary/aromatic N) is 2. The number of hydrogen-bond donors (Lipinski definition) is 2. The number of nitrogens with two attached hydrogens (primary N) is 1. The quantitative estimate of drug-likeness (QED) is 0.650. The van der Waals surface area contributed by atoms with Crippen LogP contribution in [0.4, 0.5) is 0 Å². The molecule has 0 saturated carbocycles. The van der Waals surface area contributed by atoms with Crippen molar-refractivity contribution in [2.24, 2.45) is 10.7 Å². The van der Waals surface area contributed by atoms with E-state index in [1.807, 2.05) is 30.3 Å². The highest BCUT2D eigenvalue weighted by Gasteiger charge is 1.98. The minimum atomic E-state index is 0.473. The summed E-state index contributed by atoms with van der Waals surface area (Å²) in [5, 5.41) is 3.09. The first-order chi connectivity index (χ1) is 9.24. The van der Waals surface area contributed by atoms with Crippen molar-refractivity contribution in [3.05, 3.63) is 50.9 Å². The van der Waals surface area contributed by atoms with Crippen LogP contribution < -0.4 is 11.1 Å². The van der Waals surface area contributed by atoms with Gasteiger partial charge in [0.05, 0.1) is 10.3 Å². The van der Waals surface area contributed by atoms with Gasteiger partial charge in [0.1, 0.15) is 0 Å². The molecule has 0 radical (unpaired) electrons. The molecule has 2 rings (SSSR count). The number of rotatable bonds is 5. The second-order valence-corrected chi connectivity index (χ2v) is 6.45. The maximum Gasteiger partial charge on any atom is 0.188 e. The number of nitrogens with one attached hydrogen (secondary N) is 1. The van der Waals surface area contributed by atoms with Crippen LogP contribution in [0.15, 0.2) is 45.3 Å². The third-order valence-electron chi connectivity index (χ3n) is 2.45. The second kappa shape index (κ2) is 7.25. The summed E-state index contributed by atoms with van der Waals surface area (Å²) < 4.78 is 1.11. The maximum atomic E-state index is 5.80. The molecule has 0 unspecified atom stereocenters. The van der Waals surface area contributed by atoms with Gasteiger partial charge < -0.3 is 11.1 Å². The third-order valence-corrected chi connectivity index (χ3v) is 4.06. The number of pyridine rings is 1. The highest BCUT2D eigenvalue weighted by atomic mass is 79.9. The van der Waals surface area contributed by atoms with E-state index in [0.717, 1.165) is 22.4 Å². The molecular weight excluding hydrogens is 324 g/mol. The van der Waals surface area contributed by atoms with Gasteiger partial charge in [0.2, 0.25) is 0 Å². The molecule has 3 N–H and O–H groups in total. The predicted octanol–water partition coefficient (Wildman–Crippen LogP) is 2.55. The smallest absolute Gasteiger partial charge is 0.188 e. The Bertz CT molecular complexity index is 539. The normalized spacial score (nSPS) is 11.5. The molecule has 0 aliphatic rings. The molecule has 0 bridgehead atoms. The highest BCUT2D eigenvalue weighted by Crippen LogP contribution is 2.22. The van der Waals surface area contributed by atoms with E-state index in [1.54, 1.807) is 17.5 Å². The molecule has 0 aliphatic heterocycles. The average Bonchev–Trinajstić information content (AvgIpc) is 2.83. The van der Waals surface area contributed by atoms with Gasteiger partial charge in [-0.05, 0) is 40.2 Å². The van der Waals surface area contributed by atoms with E-state index < -0.39 is 0 Å². The van der Waals surface area contributed by atoms with Crippen molar-refractivity contribution in [1.29, 1.82) is 0 Å². The first-order valence-electron chi connectivity index (χ1n) is 5.92. The lowest BCUT2D eigenvalue weighted by Gasteiger charge is -2.04. The largest absolute Gasteiger partial charge is 0.370 e. The maximum absolute atomic E-state index is 5.80. The lowest BCUT2D eigenvalue weighted by molar-refractivity contribution is 0.828. The molecule has 0 spiro atoms. The summed E-state index contributed by atoms with van der Waals surface area (Å²) in [6.45, 7) is 1.35. The first kappa shape index (κ1) is 14.0. The van der Waals surface area contributed by atoms with E-state index in [-0.39, 0.29) is 0 Å². The van der Waals surface area contributed by atoms with Crippen molar-refractivity contribution in [3.63, 3.8) is 0 Å². The number of aromatic nitrogens is 1. The lowest BCUT2D eigenvalue weighted by atomic mass is 10.3. The molecule has 2 aromatic heterocycles. The first-order valence-corrected chi connectivity index (χ1v) is 7.53. The molecule has 0 atom stereocenters. The van der Waals surface area contributed by atoms with Crippen LogP contribution >= 0.6 is 27.3 Å². The summed E-state index contributed by atoms with van der Waals surface area (Å²) in [6, 6.07) is 9.94. The lowest BCUT2D eigenvalue weighted by Crippen LogP contribution is -2.33. The third kappa shape index (κ3) is 5.00. The van der Waals surface area contributed by atoms with Crippen LogP contribution in [0.25, 0.3) is 0 Å². The molecule has 6 heteroatoms. The number of hydrogen-bond acceptors (Lipinski definition) is 3. The van der Waals surface area contributed by atoms with E-state index in [9.17, 15) is 0 Å². The molecule has 0 saturated heterocycles. The van der Waals surface area contributed by atoms with Crippen LogP contribution in [0, 0.1) is 0 Å². The Morgan fingerprint density at radius 2 is 2.26 bits per heavy atom. The Balaban J connectivity index is 1.73. The molecule has 0 fully saturated rings. The highest BCUT2D eigenvalue weighted by molar-refractivity contribution is 9.11. The topological polar surface area (TPSA) is 63.3 Å². The van der Waals surface area contributed by atoms with Gasteiger partial charge in [-0.3, -0.25) is 4.98 Å². The monoisotopic (exact) mass is 338 g/mol. The van der Waals surface area contributed by atoms with E-state index >= 15 is 0 Å². The molecule has 0 amide bonds. The molecule has 2 aromatic rings. The minimum Gasteiger partial charge on any atom is -0.370 e. The summed E-state index contributed by atoms with van der Waals surface area (Å²) in [4.78, 5) is 9.72. The summed E-state index contributed by atoms with van der Waals surface area (Å²) in [6.07, 6.45) is 2.63. The van der Waals surface area contributed by atoms with Gasteiger partial charge in [-0.25, -0.2) is 4.99 Å². The Hall–Kier alpha value is -1.40. The Morgan fingerprint density at radius 1 is 1.37 bits per heavy atom. The average molecular weight is 339 g/mol. The van der Waals surface area contributed by atoms with E-state index in [4.69, 9.17) is 5.73 Å². The van der Waals surface area contributed by atoms with Crippen molar-refractivity contribution in [3.8, 4) is 0 Å². The van der Waals surface area contributed by atoms with Gasteiger partial charge in [-0.2, -0.15) is 0 Å². The Morgan fingerprint density at radius 3 is 2.95 bits per heavy atom. The van der Waals surface area contributed by atoms with Gasteiger partial charge in [0, 0.05) is 29.7 Å². The van der Waals surface area contributed by atoms with Crippen molar-refractivity contribution >= 4 is 33.2 Å². The van der Waals surface area contributed by atoms with Crippen LogP contribution in [0.2, 0.25) is 0 Å². The number of halogens is 1. The molecule has 19 heavy (non-hydrogen) atoms. The van der Waals surface area contributed by atoms with Crippen LogP contribution in [-0.2, 0) is 13.0 Å². The van der Waals surface area contributed by atoms with E-state index in [2.05, 4.69) is 31.2 Å².